The van der Waals surface area contributed by atoms with Crippen LogP contribution in [-0.2, 0) is 16.0 Å². The molecule has 4 nitrogen and oxygen atoms in total. The second kappa shape index (κ2) is 8.14. The highest BCUT2D eigenvalue weighted by atomic mass is 19.1. The summed E-state index contributed by atoms with van der Waals surface area (Å²) in [5.74, 6) is -2.66. The van der Waals surface area contributed by atoms with Crippen molar-refractivity contribution in [3.05, 3.63) is 48.1 Å². The first-order valence-electron chi connectivity index (χ1n) is 6.57. The fraction of sp³-hybridized carbons (Fsp3) is 0.333. The van der Waals surface area contributed by atoms with Gasteiger partial charge in [-0.05, 0) is 37.0 Å². The van der Waals surface area contributed by atoms with Gasteiger partial charge in [0.15, 0.2) is 0 Å². The van der Waals surface area contributed by atoms with Gasteiger partial charge in [-0.1, -0.05) is 6.08 Å². The summed E-state index contributed by atoms with van der Waals surface area (Å²) < 4.78 is 26.0. The molecule has 114 valence electrons. The summed E-state index contributed by atoms with van der Waals surface area (Å²) in [6.07, 6.45) is 3.24. The zero-order valence-electron chi connectivity index (χ0n) is 11.6. The van der Waals surface area contributed by atoms with Gasteiger partial charge in [0.25, 0.3) is 0 Å². The van der Waals surface area contributed by atoms with Gasteiger partial charge in [-0.25, -0.2) is 8.78 Å². The van der Waals surface area contributed by atoms with E-state index in [4.69, 9.17) is 5.73 Å². The Labute approximate surface area is 122 Å². The zero-order chi connectivity index (χ0) is 15.8. The third kappa shape index (κ3) is 6.16. The lowest BCUT2D eigenvalue weighted by molar-refractivity contribution is -0.127. The number of amides is 2. The highest BCUT2D eigenvalue weighted by molar-refractivity contribution is 5.87. The number of nitrogens with two attached hydrogens (primary N) is 1. The molecule has 0 aliphatic carbocycles. The minimum Gasteiger partial charge on any atom is -0.368 e. The van der Waals surface area contributed by atoms with Gasteiger partial charge in [0.05, 0.1) is 6.42 Å². The van der Waals surface area contributed by atoms with Gasteiger partial charge in [0.1, 0.15) is 17.7 Å². The average molecular weight is 296 g/mol. The summed E-state index contributed by atoms with van der Waals surface area (Å²) in [6.45, 7) is 3.56. The monoisotopic (exact) mass is 296 g/mol. The van der Waals surface area contributed by atoms with Gasteiger partial charge >= 0.3 is 0 Å². The molecular formula is C15H18F2N2O2. The molecule has 0 aliphatic rings. The number of halogens is 2. The Morgan fingerprint density at radius 3 is 2.43 bits per heavy atom. The van der Waals surface area contributed by atoms with E-state index in [9.17, 15) is 18.4 Å². The van der Waals surface area contributed by atoms with E-state index in [2.05, 4.69) is 11.9 Å². The van der Waals surface area contributed by atoms with Gasteiger partial charge in [-0.3, -0.25) is 9.59 Å². The number of carbonyl (C=O) groups is 2. The lowest BCUT2D eigenvalue weighted by Gasteiger charge is -2.15. The van der Waals surface area contributed by atoms with Crippen LogP contribution in [0.5, 0.6) is 0 Å². The molecule has 3 N–H and O–H groups in total. The van der Waals surface area contributed by atoms with Gasteiger partial charge in [0.2, 0.25) is 11.8 Å². The fourth-order valence-electron chi connectivity index (χ4n) is 1.90. The number of hydrogen-bond acceptors (Lipinski definition) is 2. The highest BCUT2D eigenvalue weighted by Gasteiger charge is 2.17. The van der Waals surface area contributed by atoms with E-state index in [1.165, 1.54) is 0 Å². The zero-order valence-corrected chi connectivity index (χ0v) is 11.6. The van der Waals surface area contributed by atoms with Gasteiger partial charge in [-0.2, -0.15) is 0 Å². The second-order valence-electron chi connectivity index (χ2n) is 4.70. The van der Waals surface area contributed by atoms with Crippen LogP contribution in [0, 0.1) is 11.6 Å². The predicted molar refractivity (Wildman–Crippen MR) is 75.2 cm³/mol. The molecule has 6 heteroatoms. The molecule has 2 amide bonds. The van der Waals surface area contributed by atoms with E-state index in [0.717, 1.165) is 18.2 Å². The number of hydrogen-bond donors (Lipinski definition) is 2. The summed E-state index contributed by atoms with van der Waals surface area (Å²) in [5.41, 5.74) is 5.40. The van der Waals surface area contributed by atoms with E-state index in [1.807, 2.05) is 0 Å². The molecule has 0 radical (unpaired) electrons. The normalized spacial score (nSPS) is 11.7. The maximum absolute atomic E-state index is 13.0. The average Bonchev–Trinajstić information content (AvgIpc) is 2.36. The Morgan fingerprint density at radius 1 is 1.29 bits per heavy atom. The number of nitrogens with one attached hydrogen (secondary N) is 1. The molecule has 0 heterocycles. The largest absolute Gasteiger partial charge is 0.368 e. The molecular weight excluding hydrogens is 278 g/mol. The van der Waals surface area contributed by atoms with E-state index in [-0.39, 0.29) is 12.0 Å². The van der Waals surface area contributed by atoms with Gasteiger partial charge in [0, 0.05) is 6.07 Å². The molecule has 1 rings (SSSR count). The molecule has 0 saturated heterocycles. The Balaban J connectivity index is 2.60. The minimum atomic E-state index is -0.796. The van der Waals surface area contributed by atoms with Crippen molar-refractivity contribution in [2.75, 3.05) is 0 Å². The summed E-state index contributed by atoms with van der Waals surface area (Å²) >= 11 is 0. The lowest BCUT2D eigenvalue weighted by atomic mass is 10.1. The van der Waals surface area contributed by atoms with Crippen LogP contribution in [0.15, 0.2) is 30.9 Å². The molecule has 0 aliphatic heterocycles. The van der Waals surface area contributed by atoms with Crippen molar-refractivity contribution in [2.45, 2.75) is 31.7 Å². The van der Waals surface area contributed by atoms with Crippen LogP contribution >= 0.6 is 0 Å². The molecule has 1 aromatic rings. The standard InChI is InChI=1S/C15H18F2N2O2/c1-2-3-4-5-13(15(18)21)19-14(20)8-10-6-11(16)9-12(17)7-10/h2,6-7,9,13H,1,3-5,8H2,(H2,18,21)(H,19,20)/t13-/m0/s1. The Kier molecular flexibility index (Phi) is 6.52. The van der Waals surface area contributed by atoms with E-state index >= 15 is 0 Å². The van der Waals surface area contributed by atoms with E-state index < -0.39 is 29.5 Å². The predicted octanol–water partition coefficient (Wildman–Crippen LogP) is 1.83. The van der Waals surface area contributed by atoms with E-state index in [1.54, 1.807) is 6.08 Å². The molecule has 0 aromatic heterocycles. The first kappa shape index (κ1) is 16.8. The molecule has 0 fully saturated rings. The number of rotatable bonds is 8. The van der Waals surface area contributed by atoms with Crippen LogP contribution in [0.25, 0.3) is 0 Å². The maximum atomic E-state index is 13.0. The molecule has 21 heavy (non-hydrogen) atoms. The first-order valence-corrected chi connectivity index (χ1v) is 6.57. The van der Waals surface area contributed by atoms with Crippen molar-refractivity contribution in [1.82, 2.24) is 5.32 Å². The minimum absolute atomic E-state index is 0.194. The van der Waals surface area contributed by atoms with Crippen molar-refractivity contribution in [1.29, 1.82) is 0 Å². The van der Waals surface area contributed by atoms with Crippen molar-refractivity contribution in [3.63, 3.8) is 0 Å². The molecule has 0 spiro atoms. The number of primary amides is 1. The molecule has 1 atom stereocenters. The Morgan fingerprint density at radius 2 is 1.90 bits per heavy atom. The third-order valence-electron chi connectivity index (χ3n) is 2.87. The first-order chi connectivity index (χ1) is 9.92. The summed E-state index contributed by atoms with van der Waals surface area (Å²) in [7, 11) is 0. The van der Waals surface area contributed by atoms with Crippen LogP contribution in [-0.4, -0.2) is 17.9 Å². The summed E-state index contributed by atoms with van der Waals surface area (Å²) in [5, 5.41) is 2.47. The maximum Gasteiger partial charge on any atom is 0.239 e. The van der Waals surface area contributed by atoms with Crippen molar-refractivity contribution in [2.24, 2.45) is 5.73 Å². The van der Waals surface area contributed by atoms with Gasteiger partial charge < -0.3 is 11.1 Å². The lowest BCUT2D eigenvalue weighted by Crippen LogP contribution is -2.44. The SMILES string of the molecule is C=CCCC[C@H](NC(=O)Cc1cc(F)cc(F)c1)C(N)=O. The quantitative estimate of drug-likeness (QED) is 0.567. The fourth-order valence-corrected chi connectivity index (χ4v) is 1.90. The van der Waals surface area contributed by atoms with Gasteiger partial charge in [-0.15, -0.1) is 6.58 Å². The number of carbonyl (C=O) groups excluding carboxylic acids is 2. The topological polar surface area (TPSA) is 72.2 Å². The highest BCUT2D eigenvalue weighted by Crippen LogP contribution is 2.09. The summed E-state index contributed by atoms with van der Waals surface area (Å²) in [4.78, 5) is 23.1. The third-order valence-corrected chi connectivity index (χ3v) is 2.87. The molecule has 0 unspecified atom stereocenters. The number of allylic oxidation sites excluding steroid dienone is 1. The van der Waals surface area contributed by atoms with Crippen molar-refractivity contribution in [3.8, 4) is 0 Å². The summed E-state index contributed by atoms with van der Waals surface area (Å²) in [6, 6.07) is 2.07. The van der Waals surface area contributed by atoms with Crippen LogP contribution < -0.4 is 11.1 Å². The molecule has 0 saturated carbocycles. The van der Waals surface area contributed by atoms with Crippen LogP contribution in [0.2, 0.25) is 0 Å². The Bertz CT molecular complexity index is 512. The van der Waals surface area contributed by atoms with Crippen molar-refractivity contribution >= 4 is 11.8 Å². The number of benzene rings is 1. The van der Waals surface area contributed by atoms with Crippen LogP contribution in [0.3, 0.4) is 0 Å². The number of unbranched alkanes of at least 4 members (excludes halogenated alkanes) is 1. The van der Waals surface area contributed by atoms with Crippen molar-refractivity contribution < 1.29 is 18.4 Å². The van der Waals surface area contributed by atoms with Crippen LogP contribution in [0.4, 0.5) is 8.78 Å². The van der Waals surface area contributed by atoms with Crippen LogP contribution in [0.1, 0.15) is 24.8 Å². The van der Waals surface area contributed by atoms with E-state index in [0.29, 0.717) is 19.3 Å². The molecule has 1 aromatic carbocycles. The second-order valence-corrected chi connectivity index (χ2v) is 4.70. The smallest absolute Gasteiger partial charge is 0.239 e. The Hall–Kier alpha value is -2.24. The molecule has 0 bridgehead atoms.